The first-order chi connectivity index (χ1) is 8.40. The Bertz CT molecular complexity index is 408. The third-order valence-electron chi connectivity index (χ3n) is 2.68. The van der Waals surface area contributed by atoms with Crippen molar-refractivity contribution in [3.8, 4) is 0 Å². The molecule has 0 aliphatic carbocycles. The van der Waals surface area contributed by atoms with Gasteiger partial charge in [-0.05, 0) is 38.5 Å². The van der Waals surface area contributed by atoms with Gasteiger partial charge in [0.25, 0.3) is 0 Å². The molecule has 0 aromatic heterocycles. The maximum absolute atomic E-state index is 12.1. The van der Waals surface area contributed by atoms with E-state index in [0.29, 0.717) is 18.0 Å². The average molecular weight is 305 g/mol. The highest BCUT2D eigenvalue weighted by molar-refractivity contribution is 6.30. The highest BCUT2D eigenvalue weighted by Crippen LogP contribution is 2.15. The highest BCUT2D eigenvalue weighted by Gasteiger charge is 2.18. The number of carbonyl (C=O) groups excluding carboxylic acids is 1. The van der Waals surface area contributed by atoms with Gasteiger partial charge in [0.15, 0.2) is 0 Å². The van der Waals surface area contributed by atoms with E-state index in [-0.39, 0.29) is 30.4 Å². The minimum Gasteiger partial charge on any atom is -0.336 e. The number of benzene rings is 1. The summed E-state index contributed by atoms with van der Waals surface area (Å²) in [6, 6.07) is 7.62. The van der Waals surface area contributed by atoms with Crippen LogP contribution in [0.1, 0.15) is 32.8 Å². The van der Waals surface area contributed by atoms with Crippen molar-refractivity contribution in [3.05, 3.63) is 34.9 Å². The molecule has 1 aromatic rings. The Morgan fingerprint density at radius 2 is 2.00 bits per heavy atom. The minimum atomic E-state index is -0.113. The van der Waals surface area contributed by atoms with Crippen molar-refractivity contribution in [2.45, 2.75) is 45.8 Å². The summed E-state index contributed by atoms with van der Waals surface area (Å²) in [6.07, 6.45) is 0.374. The van der Waals surface area contributed by atoms with Crippen LogP contribution in [0.4, 0.5) is 0 Å². The summed E-state index contributed by atoms with van der Waals surface area (Å²) in [6.45, 7) is 6.42. The van der Waals surface area contributed by atoms with Gasteiger partial charge in [0.2, 0.25) is 5.91 Å². The molecule has 0 saturated carbocycles. The largest absolute Gasteiger partial charge is 0.336 e. The zero-order valence-electron chi connectivity index (χ0n) is 11.6. The second-order valence-electron chi connectivity index (χ2n) is 4.93. The molecule has 0 saturated heterocycles. The molecule has 0 bridgehead atoms. The van der Waals surface area contributed by atoms with Crippen molar-refractivity contribution in [2.75, 3.05) is 0 Å². The fourth-order valence-electron chi connectivity index (χ4n) is 1.78. The summed E-state index contributed by atoms with van der Waals surface area (Å²) in [5.41, 5.74) is 6.72. The van der Waals surface area contributed by atoms with Gasteiger partial charge < -0.3 is 10.6 Å². The summed E-state index contributed by atoms with van der Waals surface area (Å²) < 4.78 is 0. The zero-order chi connectivity index (χ0) is 13.7. The normalized spacial score (nSPS) is 11.9. The van der Waals surface area contributed by atoms with E-state index in [4.69, 9.17) is 17.3 Å². The van der Waals surface area contributed by atoms with Gasteiger partial charge in [0.1, 0.15) is 0 Å². The summed E-state index contributed by atoms with van der Waals surface area (Å²) in [5.74, 6) is 0.0833. The molecule has 1 unspecified atom stereocenters. The molecule has 1 aromatic carbocycles. The molecule has 0 heterocycles. The summed E-state index contributed by atoms with van der Waals surface area (Å²) in [4.78, 5) is 13.9. The standard InChI is InChI=1S/C14H21ClN2O.ClH/c1-10(2)17(14(18)7-11(3)16)9-12-5-4-6-13(15)8-12;/h4-6,8,10-11H,7,9,16H2,1-3H3;1H. The zero-order valence-corrected chi connectivity index (χ0v) is 13.2. The van der Waals surface area contributed by atoms with Gasteiger partial charge in [-0.25, -0.2) is 0 Å². The number of amides is 1. The van der Waals surface area contributed by atoms with E-state index in [9.17, 15) is 4.79 Å². The van der Waals surface area contributed by atoms with Crippen LogP contribution < -0.4 is 5.73 Å². The molecule has 0 aliphatic heterocycles. The lowest BCUT2D eigenvalue weighted by molar-refractivity contribution is -0.133. The van der Waals surface area contributed by atoms with E-state index in [2.05, 4.69) is 0 Å². The van der Waals surface area contributed by atoms with Crippen LogP contribution in [0.3, 0.4) is 0 Å². The van der Waals surface area contributed by atoms with Gasteiger partial charge in [-0.1, -0.05) is 23.7 Å². The smallest absolute Gasteiger partial charge is 0.224 e. The minimum absolute atomic E-state index is 0. The van der Waals surface area contributed by atoms with Crippen LogP contribution in [-0.4, -0.2) is 22.9 Å². The predicted molar refractivity (Wildman–Crippen MR) is 82.7 cm³/mol. The second kappa shape index (κ2) is 8.41. The molecule has 1 atom stereocenters. The highest BCUT2D eigenvalue weighted by atomic mass is 35.5. The fraction of sp³-hybridized carbons (Fsp3) is 0.500. The predicted octanol–water partition coefficient (Wildman–Crippen LogP) is 3.24. The second-order valence-corrected chi connectivity index (χ2v) is 5.36. The number of halogens is 2. The van der Waals surface area contributed by atoms with Crippen LogP contribution in [0.2, 0.25) is 5.02 Å². The van der Waals surface area contributed by atoms with Crippen LogP contribution in [0.15, 0.2) is 24.3 Å². The van der Waals surface area contributed by atoms with Gasteiger partial charge in [-0.2, -0.15) is 0 Å². The van der Waals surface area contributed by atoms with Gasteiger partial charge in [0.05, 0.1) is 0 Å². The quantitative estimate of drug-likeness (QED) is 0.908. The average Bonchev–Trinajstić information content (AvgIpc) is 2.24. The van der Waals surface area contributed by atoms with E-state index in [1.54, 1.807) is 0 Å². The molecule has 2 N–H and O–H groups in total. The van der Waals surface area contributed by atoms with Crippen molar-refractivity contribution in [1.29, 1.82) is 0 Å². The Hall–Kier alpha value is -0.770. The van der Waals surface area contributed by atoms with Crippen LogP contribution in [0, 0.1) is 0 Å². The number of carbonyl (C=O) groups is 1. The van der Waals surface area contributed by atoms with E-state index in [0.717, 1.165) is 5.56 Å². The third kappa shape index (κ3) is 6.28. The molecule has 1 amide bonds. The summed E-state index contributed by atoms with van der Waals surface area (Å²) in [7, 11) is 0. The van der Waals surface area contributed by atoms with Crippen molar-refractivity contribution in [2.24, 2.45) is 5.73 Å². The van der Waals surface area contributed by atoms with Gasteiger partial charge in [0, 0.05) is 30.1 Å². The molecular formula is C14H22Cl2N2O. The molecule has 0 radical (unpaired) electrons. The van der Waals surface area contributed by atoms with E-state index < -0.39 is 0 Å². The first-order valence-electron chi connectivity index (χ1n) is 6.19. The topological polar surface area (TPSA) is 46.3 Å². The number of rotatable bonds is 5. The first kappa shape index (κ1) is 18.2. The number of hydrogen-bond acceptors (Lipinski definition) is 2. The van der Waals surface area contributed by atoms with Gasteiger partial charge >= 0.3 is 0 Å². The molecule has 3 nitrogen and oxygen atoms in total. The number of nitrogens with zero attached hydrogens (tertiary/aromatic N) is 1. The SMILES string of the molecule is CC(N)CC(=O)N(Cc1cccc(Cl)c1)C(C)C.Cl. The summed E-state index contributed by atoms with van der Waals surface area (Å²) >= 11 is 5.95. The first-order valence-corrected chi connectivity index (χ1v) is 6.57. The molecular weight excluding hydrogens is 283 g/mol. The Morgan fingerprint density at radius 1 is 1.37 bits per heavy atom. The monoisotopic (exact) mass is 304 g/mol. The maximum Gasteiger partial charge on any atom is 0.224 e. The molecule has 0 aliphatic rings. The van der Waals surface area contributed by atoms with E-state index in [1.165, 1.54) is 0 Å². The Labute approximate surface area is 126 Å². The van der Waals surface area contributed by atoms with Crippen LogP contribution in [-0.2, 0) is 11.3 Å². The third-order valence-corrected chi connectivity index (χ3v) is 2.92. The van der Waals surface area contributed by atoms with Gasteiger partial charge in [-0.15, -0.1) is 12.4 Å². The molecule has 5 heteroatoms. The van der Waals surface area contributed by atoms with Crippen molar-refractivity contribution >= 4 is 29.9 Å². The molecule has 19 heavy (non-hydrogen) atoms. The number of nitrogens with two attached hydrogens (primary N) is 1. The lowest BCUT2D eigenvalue weighted by atomic mass is 10.1. The Balaban J connectivity index is 0.00000324. The van der Waals surface area contributed by atoms with Crippen LogP contribution >= 0.6 is 24.0 Å². The lowest BCUT2D eigenvalue weighted by Gasteiger charge is -2.27. The Morgan fingerprint density at radius 3 is 2.47 bits per heavy atom. The molecule has 0 spiro atoms. The van der Waals surface area contributed by atoms with E-state index >= 15 is 0 Å². The van der Waals surface area contributed by atoms with Crippen molar-refractivity contribution < 1.29 is 4.79 Å². The molecule has 108 valence electrons. The maximum atomic E-state index is 12.1. The molecule has 0 fully saturated rings. The van der Waals surface area contributed by atoms with Crippen molar-refractivity contribution in [1.82, 2.24) is 4.90 Å². The fourth-order valence-corrected chi connectivity index (χ4v) is 2.00. The van der Waals surface area contributed by atoms with Crippen LogP contribution in [0.25, 0.3) is 0 Å². The van der Waals surface area contributed by atoms with Gasteiger partial charge in [-0.3, -0.25) is 4.79 Å². The molecule has 1 rings (SSSR count). The van der Waals surface area contributed by atoms with E-state index in [1.807, 2.05) is 49.9 Å². The summed E-state index contributed by atoms with van der Waals surface area (Å²) in [5, 5.41) is 0.691. The van der Waals surface area contributed by atoms with Crippen molar-refractivity contribution in [3.63, 3.8) is 0 Å². The number of hydrogen-bond donors (Lipinski definition) is 1. The van der Waals surface area contributed by atoms with Crippen LogP contribution in [0.5, 0.6) is 0 Å². The Kier molecular flexibility index (Phi) is 8.07. The lowest BCUT2D eigenvalue weighted by Crippen LogP contribution is -2.39.